The number of anilines is 1. The standard InChI is InChI=1S/C19H24N2O3S/c1-15-9-7-8-12-18(15)21(25(3,23)24)14-19(22)20-13-16(2)17-10-5-4-6-11-17/h4-12,16H,13-14H2,1-3H3,(H,20,22)/t16-/m1/s1. The van der Waals surface area contributed by atoms with E-state index < -0.39 is 10.0 Å². The fourth-order valence-corrected chi connectivity index (χ4v) is 3.49. The lowest BCUT2D eigenvalue weighted by atomic mass is 10.0. The van der Waals surface area contributed by atoms with Gasteiger partial charge in [0.25, 0.3) is 0 Å². The van der Waals surface area contributed by atoms with Crippen LogP contribution in [0.2, 0.25) is 0 Å². The summed E-state index contributed by atoms with van der Waals surface area (Å²) in [6, 6.07) is 17.0. The highest BCUT2D eigenvalue weighted by molar-refractivity contribution is 7.92. The van der Waals surface area contributed by atoms with Crippen molar-refractivity contribution in [3.05, 3.63) is 65.7 Å². The number of carbonyl (C=O) groups is 1. The van der Waals surface area contributed by atoms with Crippen LogP contribution < -0.4 is 9.62 Å². The highest BCUT2D eigenvalue weighted by atomic mass is 32.2. The Labute approximate surface area is 149 Å². The molecule has 1 amide bonds. The van der Waals surface area contributed by atoms with Crippen LogP contribution in [0.25, 0.3) is 0 Å². The second-order valence-electron chi connectivity index (χ2n) is 6.17. The number of amides is 1. The third-order valence-corrected chi connectivity index (χ3v) is 5.17. The summed E-state index contributed by atoms with van der Waals surface area (Å²) >= 11 is 0. The molecule has 5 nitrogen and oxygen atoms in total. The first kappa shape index (κ1) is 19.0. The molecule has 6 heteroatoms. The lowest BCUT2D eigenvalue weighted by Crippen LogP contribution is -2.41. The second kappa shape index (κ2) is 8.16. The number of nitrogens with one attached hydrogen (secondary N) is 1. The molecule has 1 N–H and O–H groups in total. The molecule has 0 bridgehead atoms. The molecule has 0 fully saturated rings. The average molecular weight is 360 g/mol. The molecule has 25 heavy (non-hydrogen) atoms. The molecule has 2 aromatic carbocycles. The fourth-order valence-electron chi connectivity index (χ4n) is 2.58. The Kier molecular flexibility index (Phi) is 6.20. The molecule has 0 heterocycles. The first-order chi connectivity index (χ1) is 11.8. The molecular weight excluding hydrogens is 336 g/mol. The number of hydrogen-bond acceptors (Lipinski definition) is 3. The summed E-state index contributed by atoms with van der Waals surface area (Å²) in [6.45, 7) is 4.06. The number of nitrogens with zero attached hydrogens (tertiary/aromatic N) is 1. The van der Waals surface area contributed by atoms with Crippen LogP contribution in [-0.2, 0) is 14.8 Å². The second-order valence-corrected chi connectivity index (χ2v) is 8.08. The van der Waals surface area contributed by atoms with Crippen molar-refractivity contribution in [2.24, 2.45) is 0 Å². The summed E-state index contributed by atoms with van der Waals surface area (Å²) in [5, 5.41) is 2.83. The quantitative estimate of drug-likeness (QED) is 0.825. The van der Waals surface area contributed by atoms with Crippen LogP contribution in [0, 0.1) is 6.92 Å². The van der Waals surface area contributed by atoms with Gasteiger partial charge in [-0.2, -0.15) is 0 Å². The first-order valence-electron chi connectivity index (χ1n) is 8.14. The van der Waals surface area contributed by atoms with Crippen molar-refractivity contribution in [3.8, 4) is 0 Å². The highest BCUT2D eigenvalue weighted by Gasteiger charge is 2.22. The number of benzene rings is 2. The maximum Gasteiger partial charge on any atom is 0.240 e. The minimum absolute atomic E-state index is 0.148. The van der Waals surface area contributed by atoms with Crippen LogP contribution >= 0.6 is 0 Å². The molecule has 0 saturated heterocycles. The van der Waals surface area contributed by atoms with E-state index in [4.69, 9.17) is 0 Å². The van der Waals surface area contributed by atoms with Crippen molar-refractivity contribution in [3.63, 3.8) is 0 Å². The van der Waals surface area contributed by atoms with Gasteiger partial charge in [0, 0.05) is 6.54 Å². The summed E-state index contributed by atoms with van der Waals surface area (Å²) in [5.74, 6) is -0.174. The number of hydrogen-bond donors (Lipinski definition) is 1. The predicted octanol–water partition coefficient (Wildman–Crippen LogP) is 2.68. The molecule has 2 rings (SSSR count). The van der Waals surface area contributed by atoms with Crippen molar-refractivity contribution >= 4 is 21.6 Å². The lowest BCUT2D eigenvalue weighted by Gasteiger charge is -2.24. The summed E-state index contributed by atoms with van der Waals surface area (Å²) in [5.41, 5.74) is 2.45. The Morgan fingerprint density at radius 1 is 1.08 bits per heavy atom. The average Bonchev–Trinajstić information content (AvgIpc) is 2.58. The van der Waals surface area contributed by atoms with E-state index in [1.54, 1.807) is 12.1 Å². The molecule has 0 spiro atoms. The van der Waals surface area contributed by atoms with Crippen LogP contribution in [0.1, 0.15) is 24.0 Å². The summed E-state index contributed by atoms with van der Waals surface area (Å²) in [6.07, 6.45) is 1.11. The monoisotopic (exact) mass is 360 g/mol. The molecule has 0 saturated carbocycles. The van der Waals surface area contributed by atoms with E-state index >= 15 is 0 Å². The number of rotatable bonds is 7. The zero-order valence-corrected chi connectivity index (χ0v) is 15.6. The van der Waals surface area contributed by atoms with Gasteiger partial charge in [-0.3, -0.25) is 9.10 Å². The van der Waals surface area contributed by atoms with E-state index in [2.05, 4.69) is 5.32 Å². The van der Waals surface area contributed by atoms with Crippen LogP contribution in [-0.4, -0.2) is 33.7 Å². The van der Waals surface area contributed by atoms with Crippen molar-refractivity contribution < 1.29 is 13.2 Å². The van der Waals surface area contributed by atoms with E-state index in [1.807, 2.05) is 56.3 Å². The van der Waals surface area contributed by atoms with E-state index in [0.29, 0.717) is 12.2 Å². The molecule has 0 aliphatic rings. The Hall–Kier alpha value is -2.34. The highest BCUT2D eigenvalue weighted by Crippen LogP contribution is 2.21. The van der Waals surface area contributed by atoms with Gasteiger partial charge in [0.2, 0.25) is 15.9 Å². The third kappa shape index (κ3) is 5.32. The van der Waals surface area contributed by atoms with Gasteiger partial charge in [-0.05, 0) is 30.0 Å². The Bertz CT molecular complexity index is 820. The number of carbonyl (C=O) groups excluding carboxylic acids is 1. The molecule has 134 valence electrons. The van der Waals surface area contributed by atoms with Crippen molar-refractivity contribution in [1.29, 1.82) is 0 Å². The zero-order valence-electron chi connectivity index (χ0n) is 14.8. The van der Waals surface area contributed by atoms with E-state index in [1.165, 1.54) is 0 Å². The summed E-state index contributed by atoms with van der Waals surface area (Å²) in [7, 11) is -3.55. The lowest BCUT2D eigenvalue weighted by molar-refractivity contribution is -0.119. The van der Waals surface area contributed by atoms with Crippen LogP contribution in [0.3, 0.4) is 0 Å². The molecule has 0 aromatic heterocycles. The zero-order chi connectivity index (χ0) is 18.4. The van der Waals surface area contributed by atoms with Gasteiger partial charge in [0.05, 0.1) is 11.9 Å². The number of para-hydroxylation sites is 1. The molecule has 0 unspecified atom stereocenters. The molecular formula is C19H24N2O3S. The van der Waals surface area contributed by atoms with Gasteiger partial charge < -0.3 is 5.32 Å². The van der Waals surface area contributed by atoms with Gasteiger partial charge in [-0.15, -0.1) is 0 Å². The van der Waals surface area contributed by atoms with Gasteiger partial charge >= 0.3 is 0 Å². The van der Waals surface area contributed by atoms with Gasteiger partial charge in [-0.1, -0.05) is 55.5 Å². The largest absolute Gasteiger partial charge is 0.354 e. The van der Waals surface area contributed by atoms with Crippen LogP contribution in [0.15, 0.2) is 54.6 Å². The SMILES string of the molecule is Cc1ccccc1N(CC(=O)NC[C@@H](C)c1ccccc1)S(C)(=O)=O. The van der Waals surface area contributed by atoms with Gasteiger partial charge in [0.1, 0.15) is 6.54 Å². The van der Waals surface area contributed by atoms with Crippen molar-refractivity contribution in [2.45, 2.75) is 19.8 Å². The third-order valence-electron chi connectivity index (χ3n) is 4.05. The fraction of sp³-hybridized carbons (Fsp3) is 0.316. The van der Waals surface area contributed by atoms with Crippen molar-refractivity contribution in [2.75, 3.05) is 23.7 Å². The maximum atomic E-state index is 12.3. The summed E-state index contributed by atoms with van der Waals surface area (Å²) < 4.78 is 25.4. The summed E-state index contributed by atoms with van der Waals surface area (Å²) in [4.78, 5) is 12.3. The van der Waals surface area contributed by atoms with Crippen LogP contribution in [0.5, 0.6) is 0 Å². The number of aryl methyl sites for hydroxylation is 1. The first-order valence-corrected chi connectivity index (χ1v) is 9.99. The molecule has 2 aromatic rings. The Morgan fingerprint density at radius 3 is 2.28 bits per heavy atom. The molecule has 1 atom stereocenters. The Balaban J connectivity index is 2.05. The van der Waals surface area contributed by atoms with E-state index in [0.717, 1.165) is 21.7 Å². The topological polar surface area (TPSA) is 66.5 Å². The molecule has 0 radical (unpaired) electrons. The number of sulfonamides is 1. The van der Waals surface area contributed by atoms with Gasteiger partial charge in [0.15, 0.2) is 0 Å². The minimum atomic E-state index is -3.55. The van der Waals surface area contributed by atoms with Crippen molar-refractivity contribution in [1.82, 2.24) is 5.32 Å². The van der Waals surface area contributed by atoms with Gasteiger partial charge in [-0.25, -0.2) is 8.42 Å². The molecule has 0 aliphatic carbocycles. The Morgan fingerprint density at radius 2 is 1.68 bits per heavy atom. The van der Waals surface area contributed by atoms with E-state index in [9.17, 15) is 13.2 Å². The minimum Gasteiger partial charge on any atom is -0.354 e. The predicted molar refractivity (Wildman–Crippen MR) is 101 cm³/mol. The normalized spacial score (nSPS) is 12.4. The van der Waals surface area contributed by atoms with E-state index in [-0.39, 0.29) is 18.4 Å². The van der Waals surface area contributed by atoms with Crippen LogP contribution in [0.4, 0.5) is 5.69 Å². The smallest absolute Gasteiger partial charge is 0.240 e. The molecule has 0 aliphatic heterocycles. The maximum absolute atomic E-state index is 12.3.